The van der Waals surface area contributed by atoms with Crippen LogP contribution >= 0.6 is 12.6 Å². The molecular weight excluding hydrogens is 224 g/mol. The maximum atomic E-state index is 4.48. The molecule has 2 aromatic rings. The van der Waals surface area contributed by atoms with Gasteiger partial charge in [-0.15, -0.1) is 12.6 Å². The number of thiol groups is 1. The maximum Gasteiger partial charge on any atom is 0.00756 e. The van der Waals surface area contributed by atoms with Crippen LogP contribution in [0.2, 0.25) is 0 Å². The lowest BCUT2D eigenvalue weighted by Gasteiger charge is -2.06. The first kappa shape index (κ1) is 13.9. The second-order valence-corrected chi connectivity index (χ2v) is 4.28. The molecule has 17 heavy (non-hydrogen) atoms. The van der Waals surface area contributed by atoms with Gasteiger partial charge < -0.3 is 0 Å². The van der Waals surface area contributed by atoms with E-state index in [1.54, 1.807) is 0 Å². The van der Waals surface area contributed by atoms with Gasteiger partial charge in [-0.2, -0.15) is 0 Å². The van der Waals surface area contributed by atoms with Crippen LogP contribution in [0, 0.1) is 6.92 Å². The van der Waals surface area contributed by atoms with E-state index < -0.39 is 0 Å². The summed E-state index contributed by atoms with van der Waals surface area (Å²) >= 11 is 4.48. The first-order valence-corrected chi connectivity index (χ1v) is 6.53. The smallest absolute Gasteiger partial charge is 0.00756 e. The van der Waals surface area contributed by atoms with Crippen molar-refractivity contribution in [3.63, 3.8) is 0 Å². The Morgan fingerprint density at radius 2 is 1.59 bits per heavy atom. The molecule has 0 radical (unpaired) electrons. The summed E-state index contributed by atoms with van der Waals surface area (Å²) in [5.74, 6) is 0. The molecule has 0 aliphatic rings. The van der Waals surface area contributed by atoms with Gasteiger partial charge in [-0.3, -0.25) is 0 Å². The summed E-state index contributed by atoms with van der Waals surface area (Å²) in [6, 6.07) is 16.8. The Morgan fingerprint density at radius 3 is 2.24 bits per heavy atom. The van der Waals surface area contributed by atoms with Crippen LogP contribution in [0.1, 0.15) is 30.5 Å². The molecule has 0 N–H and O–H groups in total. The van der Waals surface area contributed by atoms with Crippen molar-refractivity contribution in [1.82, 2.24) is 0 Å². The molecule has 0 aliphatic carbocycles. The normalized spacial score (nSPS) is 9.41. The highest BCUT2D eigenvalue weighted by atomic mass is 32.1. The zero-order chi connectivity index (χ0) is 12.7. The van der Waals surface area contributed by atoms with Crippen molar-refractivity contribution in [3.8, 4) is 0 Å². The monoisotopic (exact) mass is 244 g/mol. The van der Waals surface area contributed by atoms with Crippen LogP contribution in [0.3, 0.4) is 0 Å². The van der Waals surface area contributed by atoms with Gasteiger partial charge in [-0.1, -0.05) is 61.9 Å². The number of rotatable bonds is 2. The highest BCUT2D eigenvalue weighted by Crippen LogP contribution is 2.19. The molecule has 90 valence electrons. The molecule has 0 unspecified atom stereocenters. The van der Waals surface area contributed by atoms with Crippen molar-refractivity contribution >= 4 is 12.6 Å². The van der Waals surface area contributed by atoms with Crippen LogP contribution in [-0.4, -0.2) is 0 Å². The predicted octanol–water partition coefficient (Wildman–Crippen LogP) is 4.90. The lowest BCUT2D eigenvalue weighted by Crippen LogP contribution is -1.90. The average Bonchev–Trinajstić information content (AvgIpc) is 2.38. The molecule has 0 saturated carbocycles. The molecule has 0 nitrogen and oxygen atoms in total. The summed E-state index contributed by atoms with van der Waals surface area (Å²) < 4.78 is 0. The summed E-state index contributed by atoms with van der Waals surface area (Å²) in [5, 5.41) is 0. The van der Waals surface area contributed by atoms with E-state index in [1.165, 1.54) is 16.7 Å². The Balaban J connectivity index is 0.000000686. The first-order valence-electron chi connectivity index (χ1n) is 6.08. The SMILES string of the molecule is CC.Cc1ccc(S)c(Cc2ccccc2)c1. The third kappa shape index (κ3) is 4.27. The Hall–Kier alpha value is -1.21. The molecule has 0 aromatic heterocycles. The van der Waals surface area contributed by atoms with Crippen molar-refractivity contribution in [2.45, 2.75) is 32.1 Å². The van der Waals surface area contributed by atoms with Crippen molar-refractivity contribution in [3.05, 3.63) is 65.2 Å². The van der Waals surface area contributed by atoms with Gasteiger partial charge in [0.1, 0.15) is 0 Å². The topological polar surface area (TPSA) is 0 Å². The molecule has 0 atom stereocenters. The van der Waals surface area contributed by atoms with Gasteiger partial charge in [0, 0.05) is 4.90 Å². The molecule has 0 bridgehead atoms. The molecule has 2 aromatic carbocycles. The van der Waals surface area contributed by atoms with Crippen molar-refractivity contribution in [2.24, 2.45) is 0 Å². The second-order valence-electron chi connectivity index (χ2n) is 3.79. The summed E-state index contributed by atoms with van der Waals surface area (Å²) in [5.41, 5.74) is 3.92. The Kier molecular flexibility index (Phi) is 5.85. The zero-order valence-corrected chi connectivity index (χ0v) is 11.7. The quantitative estimate of drug-likeness (QED) is 0.714. The van der Waals surface area contributed by atoms with Gasteiger partial charge in [-0.25, -0.2) is 0 Å². The van der Waals surface area contributed by atoms with Crippen molar-refractivity contribution < 1.29 is 0 Å². The van der Waals surface area contributed by atoms with Crippen molar-refractivity contribution in [1.29, 1.82) is 0 Å². The number of hydrogen-bond acceptors (Lipinski definition) is 1. The highest BCUT2D eigenvalue weighted by molar-refractivity contribution is 7.80. The lowest BCUT2D eigenvalue weighted by atomic mass is 10.0. The lowest BCUT2D eigenvalue weighted by molar-refractivity contribution is 1.12. The molecule has 0 heterocycles. The third-order valence-corrected chi connectivity index (χ3v) is 2.91. The summed E-state index contributed by atoms with van der Waals surface area (Å²) in [4.78, 5) is 1.07. The fourth-order valence-corrected chi connectivity index (χ4v) is 1.89. The first-order chi connectivity index (χ1) is 8.25. The molecular formula is C16H20S. The minimum Gasteiger partial charge on any atom is -0.143 e. The van der Waals surface area contributed by atoms with E-state index in [9.17, 15) is 0 Å². The van der Waals surface area contributed by atoms with Gasteiger partial charge in [0.15, 0.2) is 0 Å². The van der Waals surface area contributed by atoms with Gasteiger partial charge in [0.2, 0.25) is 0 Å². The Morgan fingerprint density at radius 1 is 0.941 bits per heavy atom. The second kappa shape index (κ2) is 7.18. The average molecular weight is 244 g/mol. The fourth-order valence-electron chi connectivity index (χ4n) is 1.67. The van der Waals surface area contributed by atoms with E-state index in [2.05, 4.69) is 62.0 Å². The van der Waals surface area contributed by atoms with Gasteiger partial charge in [0.05, 0.1) is 0 Å². The van der Waals surface area contributed by atoms with Gasteiger partial charge in [0.25, 0.3) is 0 Å². The van der Waals surface area contributed by atoms with Gasteiger partial charge >= 0.3 is 0 Å². The zero-order valence-electron chi connectivity index (χ0n) is 10.8. The van der Waals surface area contributed by atoms with E-state index in [4.69, 9.17) is 0 Å². The highest BCUT2D eigenvalue weighted by Gasteiger charge is 2.00. The van der Waals surface area contributed by atoms with E-state index in [1.807, 2.05) is 19.9 Å². The molecule has 1 heteroatoms. The van der Waals surface area contributed by atoms with Gasteiger partial charge in [-0.05, 0) is 30.5 Å². The van der Waals surface area contributed by atoms with Crippen LogP contribution in [0.4, 0.5) is 0 Å². The summed E-state index contributed by atoms with van der Waals surface area (Å²) in [6.07, 6.45) is 0.960. The van der Waals surface area contributed by atoms with Crippen LogP contribution in [-0.2, 0) is 6.42 Å². The molecule has 0 spiro atoms. The molecule has 0 amide bonds. The minimum atomic E-state index is 0.960. The summed E-state index contributed by atoms with van der Waals surface area (Å²) in [6.45, 7) is 6.11. The van der Waals surface area contributed by atoms with Crippen LogP contribution < -0.4 is 0 Å². The minimum absolute atomic E-state index is 0.960. The Labute approximate surface area is 110 Å². The van der Waals surface area contributed by atoms with Crippen LogP contribution in [0.15, 0.2) is 53.4 Å². The van der Waals surface area contributed by atoms with Crippen molar-refractivity contribution in [2.75, 3.05) is 0 Å². The van der Waals surface area contributed by atoms with E-state index in [-0.39, 0.29) is 0 Å². The van der Waals surface area contributed by atoms with E-state index in [0.717, 1.165) is 11.3 Å². The number of hydrogen-bond donors (Lipinski definition) is 1. The van der Waals surface area contributed by atoms with E-state index in [0.29, 0.717) is 0 Å². The maximum absolute atomic E-state index is 4.48. The molecule has 0 saturated heterocycles. The molecule has 2 rings (SSSR count). The van der Waals surface area contributed by atoms with Crippen LogP contribution in [0.5, 0.6) is 0 Å². The number of aryl methyl sites for hydroxylation is 1. The third-order valence-electron chi connectivity index (χ3n) is 2.47. The molecule has 0 aliphatic heterocycles. The number of benzene rings is 2. The Bertz CT molecular complexity index is 446. The van der Waals surface area contributed by atoms with Crippen LogP contribution in [0.25, 0.3) is 0 Å². The summed E-state index contributed by atoms with van der Waals surface area (Å²) in [7, 11) is 0. The fraction of sp³-hybridized carbons (Fsp3) is 0.250. The predicted molar refractivity (Wildman–Crippen MR) is 79.0 cm³/mol. The standard InChI is InChI=1S/C14H14S.C2H6/c1-11-7-8-14(15)13(9-11)10-12-5-3-2-4-6-12;1-2/h2-9,15H,10H2,1H3;1-2H3. The largest absolute Gasteiger partial charge is 0.143 e. The molecule has 0 fully saturated rings. The van der Waals surface area contributed by atoms with E-state index >= 15 is 0 Å².